The van der Waals surface area contributed by atoms with Crippen LogP contribution in [0.2, 0.25) is 0 Å². The van der Waals surface area contributed by atoms with Crippen molar-refractivity contribution in [2.24, 2.45) is 0 Å². The van der Waals surface area contributed by atoms with E-state index in [-0.39, 0.29) is 34.5 Å². The Balaban J connectivity index is 0.00000147. The zero-order chi connectivity index (χ0) is 13.6. The minimum atomic E-state index is -4.21. The smallest absolute Gasteiger partial charge is 0 e. The summed E-state index contributed by atoms with van der Waals surface area (Å²) in [5.74, 6) is 0. The molecular formula is C12H7ClHgNaO4S. The van der Waals surface area contributed by atoms with Gasteiger partial charge in [-0.3, -0.25) is 0 Å². The molecule has 0 atom stereocenters. The van der Waals surface area contributed by atoms with E-state index in [1.165, 1.54) is 12.1 Å². The van der Waals surface area contributed by atoms with Crippen LogP contribution in [0.5, 0.6) is 0 Å². The average molecular weight is 506 g/mol. The van der Waals surface area contributed by atoms with Gasteiger partial charge in [0.1, 0.15) is 0 Å². The SMILES string of the molecule is O=S(=O)(O)c1ccc2oc3cc[c]([Hg][Cl])cc3c2c1.[Na]. The van der Waals surface area contributed by atoms with Gasteiger partial charge in [0, 0.05) is 29.6 Å². The molecule has 1 heterocycles. The molecule has 1 radical (unpaired) electrons. The van der Waals surface area contributed by atoms with Gasteiger partial charge in [0.2, 0.25) is 0 Å². The van der Waals surface area contributed by atoms with E-state index in [4.69, 9.17) is 17.2 Å². The summed E-state index contributed by atoms with van der Waals surface area (Å²) in [5, 5.41) is 1.50. The second-order valence-corrected chi connectivity index (χ2v) is 12.2. The first-order valence-corrected chi connectivity index (χ1v) is 16.4. The summed E-state index contributed by atoms with van der Waals surface area (Å²) in [6, 6.07) is 10.0. The van der Waals surface area contributed by atoms with E-state index in [2.05, 4.69) is 0 Å². The van der Waals surface area contributed by atoms with Crippen LogP contribution < -0.4 is 3.07 Å². The molecule has 1 aromatic heterocycles. The molecule has 95 valence electrons. The normalized spacial score (nSPS) is 11.3. The minimum Gasteiger partial charge on any atom is 0 e. The molecule has 4 nitrogen and oxygen atoms in total. The summed E-state index contributed by atoms with van der Waals surface area (Å²) < 4.78 is 38.2. The second-order valence-electron chi connectivity index (χ2n) is 4.20. The van der Waals surface area contributed by atoms with Gasteiger partial charge in [0.15, 0.2) is 0 Å². The molecule has 8 heteroatoms. The van der Waals surface area contributed by atoms with E-state index in [9.17, 15) is 8.42 Å². The third kappa shape index (κ3) is 3.09. The fraction of sp³-hybridized carbons (Fsp3) is 0. The van der Waals surface area contributed by atoms with E-state index in [0.29, 0.717) is 16.6 Å². The second kappa shape index (κ2) is 6.24. The van der Waals surface area contributed by atoms with Gasteiger partial charge in [-0.25, -0.2) is 0 Å². The molecule has 2 aromatic carbocycles. The molecule has 0 unspecified atom stereocenters. The van der Waals surface area contributed by atoms with Crippen molar-refractivity contribution in [3.8, 4) is 0 Å². The average Bonchev–Trinajstić information content (AvgIpc) is 2.74. The summed E-state index contributed by atoms with van der Waals surface area (Å²) in [7, 11) is 1.79. The topological polar surface area (TPSA) is 67.5 Å². The van der Waals surface area contributed by atoms with E-state index in [1.54, 1.807) is 6.07 Å². The molecule has 3 rings (SSSR count). The Bertz CT molecular complexity index is 891. The van der Waals surface area contributed by atoms with Gasteiger partial charge >= 0.3 is 125 Å². The van der Waals surface area contributed by atoms with Gasteiger partial charge in [0.05, 0.1) is 0 Å². The third-order valence-electron chi connectivity index (χ3n) is 2.96. The molecule has 0 saturated heterocycles. The minimum absolute atomic E-state index is 0. The maximum Gasteiger partial charge on any atom is 0 e. The molecule has 0 aliphatic heterocycles. The summed E-state index contributed by atoms with van der Waals surface area (Å²) >= 11 is -1.52. The van der Waals surface area contributed by atoms with Crippen molar-refractivity contribution >= 4 is 72.9 Å². The number of benzene rings is 2. The zero-order valence-electron chi connectivity index (χ0n) is 10.6. The van der Waals surface area contributed by atoms with Crippen LogP contribution in [0.15, 0.2) is 45.7 Å². The molecule has 0 fully saturated rings. The molecule has 1 N–H and O–H groups in total. The van der Waals surface area contributed by atoms with Crippen molar-refractivity contribution in [3.05, 3.63) is 36.4 Å². The quantitative estimate of drug-likeness (QED) is 0.428. The molecule has 0 amide bonds. The first kappa shape index (κ1) is 16.7. The first-order chi connectivity index (χ1) is 8.99. The van der Waals surface area contributed by atoms with Crippen LogP contribution in [0.25, 0.3) is 21.9 Å². The molecule has 0 saturated carbocycles. The number of rotatable bonds is 2. The van der Waals surface area contributed by atoms with Crippen molar-refractivity contribution < 1.29 is 40.7 Å². The molecule has 0 aliphatic carbocycles. The van der Waals surface area contributed by atoms with E-state index in [1.807, 2.05) is 18.2 Å². The molecule has 20 heavy (non-hydrogen) atoms. The van der Waals surface area contributed by atoms with Crippen molar-refractivity contribution in [1.29, 1.82) is 0 Å². The van der Waals surface area contributed by atoms with Gasteiger partial charge in [-0.1, -0.05) is 0 Å². The standard InChI is InChI=1S/C12H7O4S.ClH.Hg.Na/c13-17(14,15)8-5-6-12-10(7-8)9-3-1-2-4-11(9)16-12;;;/h2-7H,(H,13,14,15);1H;;/q;;+1;/p-1. The van der Waals surface area contributed by atoms with Crippen LogP contribution in [-0.2, 0) is 33.5 Å². The predicted molar refractivity (Wildman–Crippen MR) is 74.8 cm³/mol. The van der Waals surface area contributed by atoms with Crippen LogP contribution in [0, 0.1) is 0 Å². The monoisotopic (exact) mass is 507 g/mol. The number of hydrogen-bond acceptors (Lipinski definition) is 3. The third-order valence-corrected chi connectivity index (χ3v) is 9.42. The van der Waals surface area contributed by atoms with Crippen molar-refractivity contribution in [2.75, 3.05) is 0 Å². The molecule has 0 aliphatic rings. The van der Waals surface area contributed by atoms with Gasteiger partial charge in [0.25, 0.3) is 0 Å². The summed E-state index contributed by atoms with van der Waals surface area (Å²) in [6.07, 6.45) is 0. The number of furan rings is 1. The summed E-state index contributed by atoms with van der Waals surface area (Å²) in [5.41, 5.74) is 1.27. The number of hydrogen-bond donors (Lipinski definition) is 1. The molecule has 3 aromatic rings. The van der Waals surface area contributed by atoms with Crippen molar-refractivity contribution in [2.45, 2.75) is 4.90 Å². The van der Waals surface area contributed by atoms with E-state index in [0.717, 1.165) is 8.46 Å². The van der Waals surface area contributed by atoms with E-state index >= 15 is 0 Å². The van der Waals surface area contributed by atoms with Gasteiger partial charge in [-0.05, 0) is 0 Å². The van der Waals surface area contributed by atoms with Gasteiger partial charge in [-0.15, -0.1) is 0 Å². The van der Waals surface area contributed by atoms with E-state index < -0.39 is 33.5 Å². The van der Waals surface area contributed by atoms with Crippen LogP contribution in [0.1, 0.15) is 0 Å². The van der Waals surface area contributed by atoms with Gasteiger partial charge in [-0.2, -0.15) is 0 Å². The van der Waals surface area contributed by atoms with Crippen LogP contribution in [0.4, 0.5) is 0 Å². The zero-order valence-corrected chi connectivity index (χ0v) is 19.7. The van der Waals surface area contributed by atoms with Crippen molar-refractivity contribution in [1.82, 2.24) is 0 Å². The van der Waals surface area contributed by atoms with Crippen LogP contribution >= 0.6 is 8.25 Å². The van der Waals surface area contributed by atoms with Crippen LogP contribution in [0.3, 0.4) is 0 Å². The number of halogens is 1. The Morgan fingerprint density at radius 3 is 2.25 bits per heavy atom. The maximum absolute atomic E-state index is 11.2. The maximum atomic E-state index is 11.2. The Hall–Kier alpha value is 0.375. The number of fused-ring (bicyclic) bond motifs is 3. The molecule has 0 bridgehead atoms. The van der Waals surface area contributed by atoms with Gasteiger partial charge < -0.3 is 0 Å². The Kier molecular flexibility index (Phi) is 5.22. The largest absolute Gasteiger partial charge is 0 e. The predicted octanol–water partition coefficient (Wildman–Crippen LogP) is 2.31. The Morgan fingerprint density at radius 2 is 1.65 bits per heavy atom. The van der Waals surface area contributed by atoms with Crippen LogP contribution in [-0.4, -0.2) is 42.5 Å². The first-order valence-electron chi connectivity index (χ1n) is 5.48. The molecular weight excluding hydrogens is 499 g/mol. The Labute approximate surface area is 153 Å². The van der Waals surface area contributed by atoms with Crippen molar-refractivity contribution in [3.63, 3.8) is 0 Å². The summed E-state index contributed by atoms with van der Waals surface area (Å²) in [6.45, 7) is 0. The summed E-state index contributed by atoms with van der Waals surface area (Å²) in [4.78, 5) is -0.136. The molecule has 0 spiro atoms. The Morgan fingerprint density at radius 1 is 1.05 bits per heavy atom. The fourth-order valence-electron chi connectivity index (χ4n) is 2.05. The fourth-order valence-corrected chi connectivity index (χ4v) is 5.91.